The second-order valence-corrected chi connectivity index (χ2v) is 7.24. The fourth-order valence-corrected chi connectivity index (χ4v) is 1.52. The molecule has 0 aliphatic carbocycles. The van der Waals surface area contributed by atoms with Crippen LogP contribution in [0.1, 0.15) is 5.56 Å². The maximum atomic E-state index is 9.87. The summed E-state index contributed by atoms with van der Waals surface area (Å²) >= 11 is 0. The van der Waals surface area contributed by atoms with Gasteiger partial charge in [-0.3, -0.25) is 0 Å². The summed E-state index contributed by atoms with van der Waals surface area (Å²) in [5.41, 5.74) is 2.34. The molecule has 0 aromatic heterocycles. The van der Waals surface area contributed by atoms with E-state index in [0.29, 0.717) is 0 Å². The number of hydrogen-bond donors (Lipinski definition) is 0. The van der Waals surface area contributed by atoms with E-state index in [9.17, 15) is 25.2 Å². The Morgan fingerprint density at radius 3 is 1.71 bits per heavy atom. The number of rotatable bonds is 4. The third kappa shape index (κ3) is 15.1. The summed E-state index contributed by atoms with van der Waals surface area (Å²) in [6, 6.07) is 8.08. The molecule has 0 N–H and O–H groups in total. The topological polar surface area (TPSA) is 15.5 Å². The minimum absolute atomic E-state index is 0.878. The monoisotopic (exact) mass is 378 g/mol. The van der Waals surface area contributed by atoms with Gasteiger partial charge in [-0.1, -0.05) is 12.1 Å². The van der Waals surface area contributed by atoms with Gasteiger partial charge in [0, 0.05) is 20.3 Å². The van der Waals surface area contributed by atoms with E-state index in [1.807, 2.05) is 49.8 Å². The van der Waals surface area contributed by atoms with Crippen molar-refractivity contribution in [3.05, 3.63) is 36.0 Å². The first-order chi connectivity index (χ1) is 10.5. The predicted molar refractivity (Wildman–Crippen MR) is 86.4 cm³/mol. The summed E-state index contributed by atoms with van der Waals surface area (Å²) in [6.07, 6.45) is 4.20. The van der Waals surface area contributed by atoms with Crippen molar-refractivity contribution in [1.29, 1.82) is 0 Å². The zero-order valence-electron chi connectivity index (χ0n) is 14.0. The van der Waals surface area contributed by atoms with E-state index in [-0.39, 0.29) is 0 Å². The zero-order valence-corrected chi connectivity index (χ0v) is 14.9. The molecule has 0 unspecified atom stereocenters. The Hall–Kier alpha value is -1.76. The third-order valence-corrected chi connectivity index (χ3v) is 2.22. The molecule has 1 aromatic carbocycles. The molecule has 3 nitrogen and oxygen atoms in total. The van der Waals surface area contributed by atoms with Crippen LogP contribution in [-0.2, 0) is 0 Å². The van der Waals surface area contributed by atoms with Gasteiger partial charge in [-0.15, -0.1) is 0 Å². The Balaban J connectivity index is 0.000000640. The van der Waals surface area contributed by atoms with Gasteiger partial charge in [-0.2, -0.15) is 0 Å². The molecule has 0 amide bonds. The Labute approximate surface area is 137 Å². The molecule has 0 bridgehead atoms. The SMILES string of the molecule is COc1ccc(/C(C=[N+](C)C)=C\N(C)C)cc1.F[P-](F)(F)(F)(F)F. The van der Waals surface area contributed by atoms with Gasteiger partial charge in [0.15, 0.2) is 6.21 Å². The molecule has 0 radical (unpaired) electrons. The quantitative estimate of drug-likeness (QED) is 0.305. The van der Waals surface area contributed by atoms with Gasteiger partial charge in [-0.25, -0.2) is 4.58 Å². The van der Waals surface area contributed by atoms with Crippen LogP contribution in [0.4, 0.5) is 25.2 Å². The number of benzene rings is 1. The number of hydrogen-bond acceptors (Lipinski definition) is 2. The van der Waals surface area contributed by atoms with E-state index in [4.69, 9.17) is 4.74 Å². The molecule has 10 heteroatoms. The second kappa shape index (κ2) is 7.01. The van der Waals surface area contributed by atoms with Gasteiger partial charge < -0.3 is 9.64 Å². The Bertz CT molecular complexity index is 591. The normalized spacial score (nSPS) is 14.5. The molecular formula is C14H21F6N2OP. The Morgan fingerprint density at radius 1 is 1.00 bits per heavy atom. The number of ether oxygens (including phenoxy) is 1. The average molecular weight is 378 g/mol. The second-order valence-electron chi connectivity index (χ2n) is 5.33. The van der Waals surface area contributed by atoms with Crippen LogP contribution in [-0.4, -0.2) is 51.0 Å². The van der Waals surface area contributed by atoms with Crippen LogP contribution in [0.15, 0.2) is 30.5 Å². The first-order valence-corrected chi connectivity index (χ1v) is 8.61. The first kappa shape index (κ1) is 22.2. The number of halogens is 6. The predicted octanol–water partition coefficient (Wildman–Crippen LogP) is 5.32. The van der Waals surface area contributed by atoms with E-state index in [1.54, 1.807) is 7.11 Å². The standard InChI is InChI=1S/C14H21N2O.F6P/c1-15(2)10-13(11-16(3)4)12-6-8-14(17-5)9-7-12;1-7(2,3,4,5)6/h6-11H,1-5H3;/q+1;-1. The molecule has 1 rings (SSSR count). The van der Waals surface area contributed by atoms with Gasteiger partial charge >= 0.3 is 33.0 Å². The zero-order chi connectivity index (χ0) is 19.2. The maximum absolute atomic E-state index is 10.7. The van der Waals surface area contributed by atoms with Crippen molar-refractivity contribution >= 4 is 19.6 Å². The molecule has 1 aromatic rings. The number of methoxy groups -OCH3 is 1. The summed E-state index contributed by atoms with van der Waals surface area (Å²) in [6.45, 7) is 0. The summed E-state index contributed by atoms with van der Waals surface area (Å²) in [5.74, 6) is 0.878. The summed E-state index contributed by atoms with van der Waals surface area (Å²) in [4.78, 5) is 2.04. The van der Waals surface area contributed by atoms with Crippen LogP contribution in [0.3, 0.4) is 0 Å². The van der Waals surface area contributed by atoms with E-state index >= 15 is 0 Å². The van der Waals surface area contributed by atoms with E-state index < -0.39 is 7.81 Å². The number of allylic oxidation sites excluding steroid dienone is 1. The summed E-state index contributed by atoms with van der Waals surface area (Å²) in [5, 5.41) is 0. The molecule has 0 aliphatic rings. The molecule has 0 heterocycles. The van der Waals surface area contributed by atoms with Crippen molar-refractivity contribution in [1.82, 2.24) is 4.90 Å². The van der Waals surface area contributed by atoms with Gasteiger partial charge in [0.2, 0.25) is 0 Å². The van der Waals surface area contributed by atoms with Gasteiger partial charge in [0.1, 0.15) is 19.8 Å². The number of nitrogens with zero attached hydrogens (tertiary/aromatic N) is 2. The molecule has 0 saturated carbocycles. The minimum atomic E-state index is -10.7. The van der Waals surface area contributed by atoms with Crippen LogP contribution in [0, 0.1) is 0 Å². The van der Waals surface area contributed by atoms with Crippen LogP contribution < -0.4 is 4.74 Å². The molecule has 0 atom stereocenters. The van der Waals surface area contributed by atoms with Gasteiger partial charge in [0.05, 0.1) is 12.7 Å². The third-order valence-electron chi connectivity index (χ3n) is 2.22. The van der Waals surface area contributed by atoms with E-state index in [0.717, 1.165) is 5.75 Å². The molecule has 0 aliphatic heterocycles. The molecule has 0 saturated heterocycles. The first-order valence-electron chi connectivity index (χ1n) is 6.58. The average Bonchev–Trinajstić information content (AvgIpc) is 2.33. The van der Waals surface area contributed by atoms with Crippen LogP contribution in [0.2, 0.25) is 0 Å². The summed E-state index contributed by atoms with van der Waals surface area (Å²) in [7, 11) is -0.896. The fourth-order valence-electron chi connectivity index (χ4n) is 1.52. The van der Waals surface area contributed by atoms with Crippen molar-refractivity contribution in [3.63, 3.8) is 0 Å². The van der Waals surface area contributed by atoms with Crippen molar-refractivity contribution in [3.8, 4) is 5.75 Å². The van der Waals surface area contributed by atoms with Crippen molar-refractivity contribution < 1.29 is 34.5 Å². The van der Waals surface area contributed by atoms with Crippen molar-refractivity contribution in [2.45, 2.75) is 0 Å². The molecular weight excluding hydrogens is 357 g/mol. The summed E-state index contributed by atoms with van der Waals surface area (Å²) < 4.78 is 66.4. The molecule has 0 spiro atoms. The van der Waals surface area contributed by atoms with E-state index in [2.05, 4.69) is 24.5 Å². The molecule has 140 valence electrons. The van der Waals surface area contributed by atoms with Gasteiger partial charge in [-0.05, 0) is 17.7 Å². The Kier molecular flexibility index (Phi) is 6.49. The molecule has 0 fully saturated rings. The van der Waals surface area contributed by atoms with Gasteiger partial charge in [0.25, 0.3) is 0 Å². The van der Waals surface area contributed by atoms with Crippen LogP contribution in [0.5, 0.6) is 5.75 Å². The van der Waals surface area contributed by atoms with Crippen LogP contribution >= 0.6 is 7.81 Å². The van der Waals surface area contributed by atoms with Crippen molar-refractivity contribution in [2.75, 3.05) is 35.3 Å². The van der Waals surface area contributed by atoms with E-state index in [1.165, 1.54) is 11.1 Å². The van der Waals surface area contributed by atoms with Crippen LogP contribution in [0.25, 0.3) is 5.57 Å². The Morgan fingerprint density at radius 2 is 1.42 bits per heavy atom. The van der Waals surface area contributed by atoms with Crippen molar-refractivity contribution in [2.24, 2.45) is 0 Å². The molecule has 24 heavy (non-hydrogen) atoms. The fraction of sp³-hybridized carbons (Fsp3) is 0.357.